The Bertz CT molecular complexity index is 504. The number of benzene rings is 1. The van der Waals surface area contributed by atoms with Gasteiger partial charge in [0.05, 0.1) is 5.02 Å². The maximum absolute atomic E-state index is 12.3. The van der Waals surface area contributed by atoms with Crippen molar-refractivity contribution in [1.29, 1.82) is 0 Å². The Labute approximate surface area is 106 Å². The van der Waals surface area contributed by atoms with Crippen molar-refractivity contribution in [3.63, 3.8) is 0 Å². The normalized spacial score (nSPS) is 21.9. The molecule has 1 heterocycles. The summed E-state index contributed by atoms with van der Waals surface area (Å²) >= 11 is 5.93. The molecule has 1 aromatic carbocycles. The number of nitrogens with zero attached hydrogens (tertiary/aromatic N) is 1. The molecule has 2 N–H and O–H groups in total. The van der Waals surface area contributed by atoms with Crippen LogP contribution in [-0.4, -0.2) is 32.4 Å². The van der Waals surface area contributed by atoms with Crippen LogP contribution >= 0.6 is 11.6 Å². The first-order chi connectivity index (χ1) is 8.05. The summed E-state index contributed by atoms with van der Waals surface area (Å²) in [5.74, 6) is 0.257. The van der Waals surface area contributed by atoms with E-state index in [1.54, 1.807) is 18.2 Å². The molecule has 0 spiro atoms. The summed E-state index contributed by atoms with van der Waals surface area (Å²) in [7, 11) is -3.47. The Morgan fingerprint density at radius 1 is 1.41 bits per heavy atom. The average Bonchev–Trinajstić information content (AvgIpc) is 2.78. The Hall–Kier alpha value is -0.620. The Morgan fingerprint density at radius 3 is 2.71 bits per heavy atom. The van der Waals surface area contributed by atoms with Crippen molar-refractivity contribution in [2.24, 2.45) is 11.7 Å². The lowest BCUT2D eigenvalue weighted by atomic mass is 10.1. The molecule has 1 saturated heterocycles. The van der Waals surface area contributed by atoms with Crippen LogP contribution in [0.3, 0.4) is 0 Å². The lowest BCUT2D eigenvalue weighted by molar-refractivity contribution is 0.459. The van der Waals surface area contributed by atoms with Crippen molar-refractivity contribution >= 4 is 21.6 Å². The highest BCUT2D eigenvalue weighted by molar-refractivity contribution is 7.89. The Balaban J connectivity index is 2.29. The first-order valence-corrected chi connectivity index (χ1v) is 7.32. The van der Waals surface area contributed by atoms with Crippen LogP contribution in [0.25, 0.3) is 0 Å². The summed E-state index contributed by atoms with van der Waals surface area (Å²) in [5.41, 5.74) is 5.56. The van der Waals surface area contributed by atoms with E-state index in [0.717, 1.165) is 6.42 Å². The molecule has 1 aliphatic rings. The first-order valence-electron chi connectivity index (χ1n) is 5.50. The fourth-order valence-corrected chi connectivity index (χ4v) is 4.03. The third-order valence-electron chi connectivity index (χ3n) is 3.04. The number of nitrogens with two attached hydrogens (primary N) is 1. The van der Waals surface area contributed by atoms with Crippen LogP contribution in [0.5, 0.6) is 0 Å². The number of hydrogen-bond donors (Lipinski definition) is 1. The molecule has 17 heavy (non-hydrogen) atoms. The van der Waals surface area contributed by atoms with Gasteiger partial charge in [0.1, 0.15) is 4.90 Å². The highest BCUT2D eigenvalue weighted by atomic mass is 35.5. The first kappa shape index (κ1) is 12.8. The zero-order valence-electron chi connectivity index (χ0n) is 9.34. The van der Waals surface area contributed by atoms with Crippen LogP contribution < -0.4 is 5.73 Å². The van der Waals surface area contributed by atoms with E-state index in [9.17, 15) is 8.42 Å². The second kappa shape index (κ2) is 4.94. The van der Waals surface area contributed by atoms with Crippen molar-refractivity contribution in [2.45, 2.75) is 11.3 Å². The minimum Gasteiger partial charge on any atom is -0.330 e. The van der Waals surface area contributed by atoms with Gasteiger partial charge in [-0.2, -0.15) is 4.31 Å². The molecule has 0 aromatic heterocycles. The highest BCUT2D eigenvalue weighted by Crippen LogP contribution is 2.28. The molecule has 1 aliphatic heterocycles. The second-order valence-electron chi connectivity index (χ2n) is 4.18. The van der Waals surface area contributed by atoms with Crippen molar-refractivity contribution < 1.29 is 8.42 Å². The number of sulfonamides is 1. The fraction of sp³-hybridized carbons (Fsp3) is 0.455. The van der Waals surface area contributed by atoms with E-state index in [4.69, 9.17) is 17.3 Å². The van der Waals surface area contributed by atoms with Gasteiger partial charge in [-0.05, 0) is 31.0 Å². The van der Waals surface area contributed by atoms with Gasteiger partial charge >= 0.3 is 0 Å². The van der Waals surface area contributed by atoms with Crippen LogP contribution in [0.1, 0.15) is 6.42 Å². The summed E-state index contributed by atoms with van der Waals surface area (Å²) in [6.07, 6.45) is 0.820. The van der Waals surface area contributed by atoms with Gasteiger partial charge < -0.3 is 5.73 Å². The van der Waals surface area contributed by atoms with Gasteiger partial charge in [-0.15, -0.1) is 0 Å². The van der Waals surface area contributed by atoms with Crippen molar-refractivity contribution in [3.8, 4) is 0 Å². The molecular weight excluding hydrogens is 260 g/mol. The van der Waals surface area contributed by atoms with Crippen LogP contribution in [-0.2, 0) is 10.0 Å². The monoisotopic (exact) mass is 274 g/mol. The molecule has 4 nitrogen and oxygen atoms in total. The molecule has 6 heteroatoms. The summed E-state index contributed by atoms with van der Waals surface area (Å²) in [5, 5.41) is 0.267. The molecule has 0 amide bonds. The van der Waals surface area contributed by atoms with Crippen LogP contribution in [0.15, 0.2) is 29.2 Å². The molecule has 1 fully saturated rings. The van der Waals surface area contributed by atoms with Crippen molar-refractivity contribution in [3.05, 3.63) is 29.3 Å². The summed E-state index contributed by atoms with van der Waals surface area (Å²) in [6, 6.07) is 6.52. The Morgan fingerprint density at radius 2 is 2.12 bits per heavy atom. The van der Waals surface area contributed by atoms with E-state index in [0.29, 0.717) is 19.6 Å². The highest BCUT2D eigenvalue weighted by Gasteiger charge is 2.32. The Kier molecular flexibility index (Phi) is 3.73. The predicted octanol–water partition coefficient (Wildman–Crippen LogP) is 1.31. The molecule has 0 unspecified atom stereocenters. The maximum Gasteiger partial charge on any atom is 0.244 e. The van der Waals surface area contributed by atoms with E-state index < -0.39 is 10.0 Å². The zero-order chi connectivity index (χ0) is 12.5. The summed E-state index contributed by atoms with van der Waals surface area (Å²) < 4.78 is 26.1. The number of halogens is 1. The summed E-state index contributed by atoms with van der Waals surface area (Å²) in [4.78, 5) is 0.180. The average molecular weight is 275 g/mol. The molecule has 0 aliphatic carbocycles. The van der Waals surface area contributed by atoms with E-state index in [1.807, 2.05) is 0 Å². The summed E-state index contributed by atoms with van der Waals surface area (Å²) in [6.45, 7) is 1.54. The lowest BCUT2D eigenvalue weighted by Crippen LogP contribution is -2.30. The molecule has 0 radical (unpaired) electrons. The third-order valence-corrected chi connectivity index (χ3v) is 5.40. The molecular formula is C11H15ClN2O2S. The van der Waals surface area contributed by atoms with Gasteiger partial charge in [0.2, 0.25) is 10.0 Å². The minimum atomic E-state index is -3.47. The van der Waals surface area contributed by atoms with E-state index in [-0.39, 0.29) is 15.8 Å². The predicted molar refractivity (Wildman–Crippen MR) is 67.4 cm³/mol. The van der Waals surface area contributed by atoms with E-state index in [1.165, 1.54) is 10.4 Å². The van der Waals surface area contributed by atoms with Crippen LogP contribution in [0.4, 0.5) is 0 Å². The lowest BCUT2D eigenvalue weighted by Gasteiger charge is -2.17. The minimum absolute atomic E-state index is 0.180. The SMILES string of the molecule is NC[C@@H]1CCN(S(=O)(=O)c2ccccc2Cl)C1. The van der Waals surface area contributed by atoms with Crippen molar-refractivity contribution in [1.82, 2.24) is 4.31 Å². The van der Waals surface area contributed by atoms with Gasteiger partial charge in [-0.25, -0.2) is 8.42 Å². The van der Waals surface area contributed by atoms with E-state index in [2.05, 4.69) is 0 Å². The fourth-order valence-electron chi connectivity index (χ4n) is 2.00. The molecule has 94 valence electrons. The van der Waals surface area contributed by atoms with Gasteiger partial charge in [0, 0.05) is 13.1 Å². The molecule has 1 aromatic rings. The quantitative estimate of drug-likeness (QED) is 0.904. The van der Waals surface area contributed by atoms with Crippen LogP contribution in [0, 0.1) is 5.92 Å². The van der Waals surface area contributed by atoms with Gasteiger partial charge in [0.15, 0.2) is 0 Å². The molecule has 1 atom stereocenters. The molecule has 2 rings (SSSR count). The van der Waals surface area contributed by atoms with Crippen LogP contribution in [0.2, 0.25) is 5.02 Å². The third kappa shape index (κ3) is 2.47. The zero-order valence-corrected chi connectivity index (χ0v) is 10.9. The molecule has 0 saturated carbocycles. The van der Waals surface area contributed by atoms with Gasteiger partial charge in [0.25, 0.3) is 0 Å². The van der Waals surface area contributed by atoms with Gasteiger partial charge in [-0.1, -0.05) is 23.7 Å². The standard InChI is InChI=1S/C11H15ClN2O2S/c12-10-3-1-2-4-11(10)17(15,16)14-6-5-9(7-13)8-14/h1-4,9H,5-8,13H2/t9-/m0/s1. The second-order valence-corrected chi connectivity index (χ2v) is 6.50. The van der Waals surface area contributed by atoms with Gasteiger partial charge in [-0.3, -0.25) is 0 Å². The maximum atomic E-state index is 12.3. The topological polar surface area (TPSA) is 63.4 Å². The largest absolute Gasteiger partial charge is 0.330 e. The smallest absolute Gasteiger partial charge is 0.244 e. The number of hydrogen-bond acceptors (Lipinski definition) is 3. The van der Waals surface area contributed by atoms with Crippen molar-refractivity contribution in [2.75, 3.05) is 19.6 Å². The number of rotatable bonds is 3. The molecule has 0 bridgehead atoms. The van der Waals surface area contributed by atoms with E-state index >= 15 is 0 Å².